The van der Waals surface area contributed by atoms with Crippen LogP contribution in [0.1, 0.15) is 30.9 Å². The van der Waals surface area contributed by atoms with E-state index in [1.54, 1.807) is 0 Å². The number of benzene rings is 2. The molecule has 0 saturated heterocycles. The Kier molecular flexibility index (Phi) is 12.0. The Morgan fingerprint density at radius 1 is 0.893 bits per heavy atom. The van der Waals surface area contributed by atoms with Crippen molar-refractivity contribution < 1.29 is 4.79 Å². The van der Waals surface area contributed by atoms with E-state index < -0.39 is 0 Å². The van der Waals surface area contributed by atoms with E-state index in [-0.39, 0.29) is 36.4 Å². The van der Waals surface area contributed by atoms with Crippen molar-refractivity contribution in [3.63, 3.8) is 0 Å². The van der Waals surface area contributed by atoms with Crippen LogP contribution in [-0.4, -0.2) is 38.0 Å². The van der Waals surface area contributed by atoms with E-state index in [2.05, 4.69) is 69.5 Å². The molecule has 3 N–H and O–H groups in total. The fourth-order valence-electron chi connectivity index (χ4n) is 2.90. The zero-order valence-electron chi connectivity index (χ0n) is 16.7. The summed E-state index contributed by atoms with van der Waals surface area (Å²) in [5.74, 6) is 0.901. The number of carbonyl (C=O) groups is 1. The summed E-state index contributed by atoms with van der Waals surface area (Å²) in [5.41, 5.74) is 2.59. The predicted octanol–water partition coefficient (Wildman–Crippen LogP) is 3.32. The molecule has 6 heteroatoms. The van der Waals surface area contributed by atoms with Crippen molar-refractivity contribution in [3.8, 4) is 0 Å². The molecule has 152 valence electrons. The summed E-state index contributed by atoms with van der Waals surface area (Å²) in [6.07, 6.45) is 0.938. The van der Waals surface area contributed by atoms with Crippen molar-refractivity contribution in [2.75, 3.05) is 26.2 Å². The zero-order valence-corrected chi connectivity index (χ0v) is 19.0. The molecule has 28 heavy (non-hydrogen) atoms. The van der Waals surface area contributed by atoms with E-state index in [1.165, 1.54) is 11.1 Å². The summed E-state index contributed by atoms with van der Waals surface area (Å²) in [6, 6.07) is 21.0. The average Bonchev–Trinajstić information content (AvgIpc) is 2.70. The van der Waals surface area contributed by atoms with Crippen LogP contribution in [-0.2, 0) is 11.2 Å². The van der Waals surface area contributed by atoms with E-state index in [0.717, 1.165) is 19.5 Å². The second kappa shape index (κ2) is 14.0. The monoisotopic (exact) mass is 494 g/mol. The summed E-state index contributed by atoms with van der Waals surface area (Å²) in [7, 11) is 0. The number of nitrogens with one attached hydrogen (secondary N) is 3. The number of rotatable bonds is 9. The average molecular weight is 494 g/mol. The predicted molar refractivity (Wildman–Crippen MR) is 127 cm³/mol. The highest BCUT2D eigenvalue weighted by Crippen LogP contribution is 2.20. The largest absolute Gasteiger partial charge is 0.357 e. The number of likely N-dealkylation sites (N-methyl/N-ethyl adjacent to an activating group) is 1. The van der Waals surface area contributed by atoms with Crippen molar-refractivity contribution in [3.05, 3.63) is 71.8 Å². The minimum absolute atomic E-state index is 0. The van der Waals surface area contributed by atoms with Crippen LogP contribution < -0.4 is 16.0 Å². The minimum Gasteiger partial charge on any atom is -0.357 e. The Morgan fingerprint density at radius 3 is 2.11 bits per heavy atom. The summed E-state index contributed by atoms with van der Waals surface area (Å²) < 4.78 is 0. The Morgan fingerprint density at radius 2 is 1.50 bits per heavy atom. The van der Waals surface area contributed by atoms with Gasteiger partial charge in [0.1, 0.15) is 6.54 Å². The molecule has 0 spiro atoms. The summed E-state index contributed by atoms with van der Waals surface area (Å²) in [4.78, 5) is 16.1. The van der Waals surface area contributed by atoms with Crippen LogP contribution in [0, 0.1) is 0 Å². The van der Waals surface area contributed by atoms with Crippen molar-refractivity contribution in [2.45, 2.75) is 26.2 Å². The van der Waals surface area contributed by atoms with Crippen LogP contribution in [0.5, 0.6) is 0 Å². The Balaban J connectivity index is 0.00000392. The third kappa shape index (κ3) is 8.73. The van der Waals surface area contributed by atoms with Gasteiger partial charge in [0.25, 0.3) is 0 Å². The van der Waals surface area contributed by atoms with E-state index >= 15 is 0 Å². The lowest BCUT2D eigenvalue weighted by Crippen LogP contribution is -2.40. The van der Waals surface area contributed by atoms with Crippen molar-refractivity contribution in [2.24, 2.45) is 4.99 Å². The lowest BCUT2D eigenvalue weighted by molar-refractivity contribution is -0.119. The Bertz CT molecular complexity index is 707. The van der Waals surface area contributed by atoms with Gasteiger partial charge in [-0.05, 0) is 31.4 Å². The third-order valence-electron chi connectivity index (χ3n) is 4.21. The van der Waals surface area contributed by atoms with Gasteiger partial charge in [0, 0.05) is 25.6 Å². The number of hydrogen-bond acceptors (Lipinski definition) is 2. The molecule has 0 fully saturated rings. The maximum Gasteiger partial charge on any atom is 0.241 e. The highest BCUT2D eigenvalue weighted by molar-refractivity contribution is 14.0. The Labute approximate surface area is 185 Å². The molecule has 0 radical (unpaired) electrons. The standard InChI is InChI=1S/C22H30N4O.HI/c1-3-23-21(27)17-26-22(24-4-2)25-16-20(19-13-9-6-10-14-19)15-18-11-7-5-8-12-18;/h5-14,20H,3-4,15-17H2,1-2H3,(H,23,27)(H2,24,25,26);1H. The van der Waals surface area contributed by atoms with Crippen LogP contribution in [0.25, 0.3) is 0 Å². The molecule has 2 aromatic rings. The van der Waals surface area contributed by atoms with Gasteiger partial charge in [0.15, 0.2) is 5.96 Å². The van der Waals surface area contributed by atoms with Crippen molar-refractivity contribution in [1.29, 1.82) is 0 Å². The van der Waals surface area contributed by atoms with Crippen LogP contribution >= 0.6 is 24.0 Å². The van der Waals surface area contributed by atoms with E-state index in [9.17, 15) is 4.79 Å². The molecule has 0 aliphatic carbocycles. The van der Waals surface area contributed by atoms with Gasteiger partial charge in [0.05, 0.1) is 0 Å². The van der Waals surface area contributed by atoms with Gasteiger partial charge in [0.2, 0.25) is 5.91 Å². The smallest absolute Gasteiger partial charge is 0.241 e. The first-order chi connectivity index (χ1) is 13.2. The summed E-state index contributed by atoms with van der Waals surface area (Å²) in [5, 5.41) is 9.37. The molecule has 2 aromatic carbocycles. The topological polar surface area (TPSA) is 65.5 Å². The first kappa shape index (κ1) is 23.9. The summed E-state index contributed by atoms with van der Waals surface area (Å²) >= 11 is 0. The number of guanidine groups is 1. The SMILES string of the molecule is CCNC(=O)CN=C(NCC)NCC(Cc1ccccc1)c1ccccc1.I. The van der Waals surface area contributed by atoms with Gasteiger partial charge in [-0.2, -0.15) is 0 Å². The molecule has 1 amide bonds. The number of hydrogen-bond donors (Lipinski definition) is 3. The Hall–Kier alpha value is -2.09. The van der Waals surface area contributed by atoms with Crippen molar-refractivity contribution in [1.82, 2.24) is 16.0 Å². The molecule has 1 atom stereocenters. The van der Waals surface area contributed by atoms with Gasteiger partial charge >= 0.3 is 0 Å². The second-order valence-electron chi connectivity index (χ2n) is 6.33. The zero-order chi connectivity index (χ0) is 19.3. The van der Waals surface area contributed by atoms with Gasteiger partial charge < -0.3 is 16.0 Å². The quantitative estimate of drug-likeness (QED) is 0.285. The minimum atomic E-state index is -0.0707. The highest BCUT2D eigenvalue weighted by atomic mass is 127. The normalized spacial score (nSPS) is 11.9. The molecule has 0 bridgehead atoms. The number of halogens is 1. The second-order valence-corrected chi connectivity index (χ2v) is 6.33. The maximum atomic E-state index is 11.7. The molecule has 0 aliphatic heterocycles. The third-order valence-corrected chi connectivity index (χ3v) is 4.21. The van der Waals surface area contributed by atoms with E-state index in [0.29, 0.717) is 18.4 Å². The highest BCUT2D eigenvalue weighted by Gasteiger charge is 2.13. The molecular formula is C22H31IN4O. The first-order valence-corrected chi connectivity index (χ1v) is 9.60. The number of carbonyl (C=O) groups excluding carboxylic acids is 1. The fraction of sp³-hybridized carbons (Fsp3) is 0.364. The van der Waals surface area contributed by atoms with Crippen LogP contribution in [0.4, 0.5) is 0 Å². The van der Waals surface area contributed by atoms with Crippen LogP contribution in [0.2, 0.25) is 0 Å². The van der Waals surface area contributed by atoms with Crippen LogP contribution in [0.3, 0.4) is 0 Å². The fourth-order valence-corrected chi connectivity index (χ4v) is 2.90. The van der Waals surface area contributed by atoms with E-state index in [1.807, 2.05) is 26.0 Å². The molecule has 2 rings (SSSR count). The first-order valence-electron chi connectivity index (χ1n) is 9.60. The molecule has 0 saturated carbocycles. The number of amides is 1. The lowest BCUT2D eigenvalue weighted by Gasteiger charge is -2.20. The number of nitrogens with zero attached hydrogens (tertiary/aromatic N) is 1. The van der Waals surface area contributed by atoms with Gasteiger partial charge in [-0.3, -0.25) is 4.79 Å². The van der Waals surface area contributed by atoms with Gasteiger partial charge in [-0.15, -0.1) is 24.0 Å². The number of aliphatic imine (C=N–C) groups is 1. The molecule has 0 aromatic heterocycles. The maximum absolute atomic E-state index is 11.7. The summed E-state index contributed by atoms with van der Waals surface area (Å²) in [6.45, 7) is 6.14. The van der Waals surface area contributed by atoms with Gasteiger partial charge in [-0.25, -0.2) is 4.99 Å². The molecular weight excluding hydrogens is 463 g/mol. The molecule has 5 nitrogen and oxygen atoms in total. The molecule has 0 aliphatic rings. The molecule has 1 unspecified atom stereocenters. The van der Waals surface area contributed by atoms with Crippen molar-refractivity contribution >= 4 is 35.8 Å². The van der Waals surface area contributed by atoms with Crippen LogP contribution in [0.15, 0.2) is 65.7 Å². The lowest BCUT2D eigenvalue weighted by atomic mass is 9.92. The van der Waals surface area contributed by atoms with Gasteiger partial charge in [-0.1, -0.05) is 60.7 Å². The molecule has 0 heterocycles. The van der Waals surface area contributed by atoms with E-state index in [4.69, 9.17) is 0 Å².